The zero-order chi connectivity index (χ0) is 29.0. The molecule has 0 spiro atoms. The third-order valence-corrected chi connectivity index (χ3v) is 8.60. The molecule has 3 heterocycles. The van der Waals surface area contributed by atoms with Crippen LogP contribution in [0.4, 0.5) is 0 Å². The fourth-order valence-corrected chi connectivity index (χ4v) is 6.63. The second kappa shape index (κ2) is 9.97. The predicted octanol–water partition coefficient (Wildman–Crippen LogP) is 9.49. The van der Waals surface area contributed by atoms with E-state index in [0.717, 1.165) is 77.5 Å². The number of fused-ring (bicyclic) bond motifs is 6. The highest BCUT2D eigenvalue weighted by Crippen LogP contribution is 2.39. The molecule has 0 bridgehead atoms. The first-order valence-electron chi connectivity index (χ1n) is 14.9. The van der Waals surface area contributed by atoms with E-state index in [1.807, 2.05) is 42.5 Å². The van der Waals surface area contributed by atoms with Crippen molar-refractivity contribution < 1.29 is 8.83 Å². The quantitative estimate of drug-likeness (QED) is 0.222. The highest BCUT2D eigenvalue weighted by atomic mass is 16.3. The summed E-state index contributed by atoms with van der Waals surface area (Å²) in [6.07, 6.45) is -0.486. The molecule has 6 aromatic carbocycles. The van der Waals surface area contributed by atoms with Gasteiger partial charge in [-0.1, -0.05) is 115 Å². The van der Waals surface area contributed by atoms with Gasteiger partial charge in [0.05, 0.1) is 0 Å². The third-order valence-electron chi connectivity index (χ3n) is 8.60. The van der Waals surface area contributed by atoms with Crippen molar-refractivity contribution in [2.24, 2.45) is 4.99 Å². The van der Waals surface area contributed by atoms with Gasteiger partial charge in [0, 0.05) is 32.7 Å². The van der Waals surface area contributed by atoms with Gasteiger partial charge in [0.2, 0.25) is 0 Å². The van der Waals surface area contributed by atoms with Gasteiger partial charge in [-0.15, -0.1) is 0 Å². The largest absolute Gasteiger partial charge is 0.456 e. The molecule has 0 saturated carbocycles. The number of amidine groups is 1. The average Bonchev–Trinajstić information content (AvgIpc) is 3.67. The lowest BCUT2D eigenvalue weighted by Gasteiger charge is -2.33. The van der Waals surface area contributed by atoms with Crippen LogP contribution in [0.1, 0.15) is 29.0 Å². The first-order valence-corrected chi connectivity index (χ1v) is 14.9. The van der Waals surface area contributed by atoms with Crippen molar-refractivity contribution in [3.8, 4) is 11.1 Å². The predicted molar refractivity (Wildman–Crippen MR) is 178 cm³/mol. The maximum absolute atomic E-state index is 6.26. The molecule has 5 nitrogen and oxygen atoms in total. The molecule has 210 valence electrons. The Bertz CT molecular complexity index is 2370. The van der Waals surface area contributed by atoms with E-state index < -0.39 is 0 Å². The molecule has 2 unspecified atom stereocenters. The Morgan fingerprint density at radius 1 is 0.477 bits per heavy atom. The molecule has 8 aromatic rings. The normalized spacial score (nSPS) is 16.9. The van der Waals surface area contributed by atoms with Crippen molar-refractivity contribution in [2.75, 3.05) is 0 Å². The van der Waals surface area contributed by atoms with Crippen LogP contribution in [0.15, 0.2) is 153 Å². The zero-order valence-corrected chi connectivity index (χ0v) is 23.7. The molecular formula is C39H27N3O2. The lowest BCUT2D eigenvalue weighted by molar-refractivity contribution is 0.411. The molecule has 0 saturated heterocycles. The average molecular weight is 570 g/mol. The van der Waals surface area contributed by atoms with Crippen LogP contribution in [0.5, 0.6) is 0 Å². The molecule has 0 aliphatic carbocycles. The van der Waals surface area contributed by atoms with Gasteiger partial charge in [0.1, 0.15) is 40.5 Å². The van der Waals surface area contributed by atoms with E-state index >= 15 is 0 Å². The maximum atomic E-state index is 6.26. The van der Waals surface area contributed by atoms with Crippen LogP contribution in [0.2, 0.25) is 0 Å². The molecule has 9 rings (SSSR count). The maximum Gasteiger partial charge on any atom is 0.136 e. The van der Waals surface area contributed by atoms with E-state index in [9.17, 15) is 0 Å². The fourth-order valence-electron chi connectivity index (χ4n) is 6.63. The smallest absolute Gasteiger partial charge is 0.136 e. The van der Waals surface area contributed by atoms with Crippen LogP contribution >= 0.6 is 0 Å². The summed E-state index contributed by atoms with van der Waals surface area (Å²) in [5, 5.41) is 12.0. The minimum absolute atomic E-state index is 0.226. The summed E-state index contributed by atoms with van der Waals surface area (Å²) in [6.45, 7) is 0. The molecule has 2 aromatic heterocycles. The van der Waals surface area contributed by atoms with Crippen LogP contribution in [-0.4, -0.2) is 5.84 Å². The number of hydrogen-bond acceptors (Lipinski definition) is 5. The number of aliphatic imine (C=N–C) groups is 1. The summed E-state index contributed by atoms with van der Waals surface area (Å²) in [5.74, 6) is 0.827. The van der Waals surface area contributed by atoms with Crippen molar-refractivity contribution >= 4 is 49.7 Å². The Morgan fingerprint density at radius 2 is 1.05 bits per heavy atom. The Labute approximate surface area is 253 Å². The lowest BCUT2D eigenvalue weighted by atomic mass is 9.94. The van der Waals surface area contributed by atoms with E-state index in [2.05, 4.69) is 108 Å². The van der Waals surface area contributed by atoms with Gasteiger partial charge >= 0.3 is 0 Å². The molecule has 2 atom stereocenters. The van der Waals surface area contributed by atoms with E-state index in [0.29, 0.717) is 0 Å². The number of nitrogens with zero attached hydrogens (tertiary/aromatic N) is 1. The molecule has 0 amide bonds. The standard InChI is InChI=1S/C39H27N3O2/c1-2-12-24(13-3-1)37-40-38(42-39(41-37)30-19-11-23-34-36(30)29-17-7-9-21-32(29)44-34)27-15-5-4-14-25(27)26-18-10-22-33-35(26)28-16-6-8-20-31(28)43-33/h1-23,37,39,41H,(H,40,42). The van der Waals surface area contributed by atoms with Crippen molar-refractivity contribution in [1.29, 1.82) is 0 Å². The number of hydrogen-bond donors (Lipinski definition) is 2. The molecule has 44 heavy (non-hydrogen) atoms. The number of rotatable bonds is 4. The van der Waals surface area contributed by atoms with Gasteiger partial charge in [0.25, 0.3) is 0 Å². The van der Waals surface area contributed by atoms with Crippen molar-refractivity contribution in [1.82, 2.24) is 10.6 Å². The zero-order valence-electron chi connectivity index (χ0n) is 23.7. The molecule has 0 fully saturated rings. The lowest BCUT2D eigenvalue weighted by Crippen LogP contribution is -2.45. The number of furan rings is 2. The van der Waals surface area contributed by atoms with E-state index in [-0.39, 0.29) is 12.3 Å². The minimum Gasteiger partial charge on any atom is -0.456 e. The molecule has 5 heteroatoms. The number of benzene rings is 6. The Balaban J connectivity index is 1.24. The third kappa shape index (κ3) is 3.94. The van der Waals surface area contributed by atoms with E-state index in [4.69, 9.17) is 13.8 Å². The summed E-state index contributed by atoms with van der Waals surface area (Å²) in [5.41, 5.74) is 8.95. The van der Waals surface area contributed by atoms with Gasteiger partial charge < -0.3 is 14.2 Å². The molecule has 1 aliphatic rings. The molecule has 0 radical (unpaired) electrons. The van der Waals surface area contributed by atoms with Crippen molar-refractivity contribution in [2.45, 2.75) is 12.3 Å². The van der Waals surface area contributed by atoms with Gasteiger partial charge in [-0.3, -0.25) is 5.32 Å². The van der Waals surface area contributed by atoms with Gasteiger partial charge in [-0.25, -0.2) is 4.99 Å². The first-order chi connectivity index (χ1) is 21.8. The fraction of sp³-hybridized carbons (Fsp3) is 0.0513. The van der Waals surface area contributed by atoms with Crippen LogP contribution < -0.4 is 10.6 Å². The minimum atomic E-state index is -0.260. The summed E-state index contributed by atoms with van der Waals surface area (Å²) >= 11 is 0. The van der Waals surface area contributed by atoms with Crippen LogP contribution in [0.25, 0.3) is 55.0 Å². The second-order valence-corrected chi connectivity index (χ2v) is 11.2. The number of para-hydroxylation sites is 2. The van der Waals surface area contributed by atoms with Crippen LogP contribution in [0, 0.1) is 0 Å². The highest BCUT2D eigenvalue weighted by molar-refractivity contribution is 6.15. The SMILES string of the molecule is c1ccc(C2N=C(c3ccccc3-c3cccc4oc5ccccc5c34)NC(c3cccc4oc5ccccc5c34)N2)cc1. The number of nitrogens with one attached hydrogen (secondary N) is 2. The van der Waals surface area contributed by atoms with Crippen molar-refractivity contribution in [3.05, 3.63) is 156 Å². The summed E-state index contributed by atoms with van der Waals surface area (Å²) < 4.78 is 12.5. The Kier molecular flexibility index (Phi) is 5.64. The van der Waals surface area contributed by atoms with Crippen molar-refractivity contribution in [3.63, 3.8) is 0 Å². The van der Waals surface area contributed by atoms with Gasteiger partial charge in [0.15, 0.2) is 0 Å². The monoisotopic (exact) mass is 569 g/mol. The van der Waals surface area contributed by atoms with Gasteiger partial charge in [-0.2, -0.15) is 0 Å². The summed E-state index contributed by atoms with van der Waals surface area (Å²) in [7, 11) is 0. The van der Waals surface area contributed by atoms with Crippen LogP contribution in [0.3, 0.4) is 0 Å². The molecule has 2 N–H and O–H groups in total. The van der Waals surface area contributed by atoms with E-state index in [1.165, 1.54) is 0 Å². The summed E-state index contributed by atoms with van der Waals surface area (Å²) in [4.78, 5) is 5.29. The first kappa shape index (κ1) is 24.9. The highest BCUT2D eigenvalue weighted by Gasteiger charge is 2.29. The topological polar surface area (TPSA) is 62.7 Å². The second-order valence-electron chi connectivity index (χ2n) is 11.2. The molecular weight excluding hydrogens is 542 g/mol. The molecule has 1 aliphatic heterocycles. The van der Waals surface area contributed by atoms with E-state index in [1.54, 1.807) is 0 Å². The van der Waals surface area contributed by atoms with Gasteiger partial charge in [-0.05, 0) is 41.0 Å². The Morgan fingerprint density at radius 3 is 1.82 bits per heavy atom. The Hall–Kier alpha value is -5.65. The van der Waals surface area contributed by atoms with Crippen LogP contribution in [-0.2, 0) is 0 Å². The summed E-state index contributed by atoms with van der Waals surface area (Å²) in [6, 6.07) is 47.9.